The van der Waals surface area contributed by atoms with Crippen LogP contribution in [0.1, 0.15) is 30.1 Å². The highest BCUT2D eigenvalue weighted by Gasteiger charge is 2.35. The van der Waals surface area contributed by atoms with Crippen molar-refractivity contribution in [3.8, 4) is 0 Å². The molecule has 4 nitrogen and oxygen atoms in total. The lowest BCUT2D eigenvalue weighted by Crippen LogP contribution is -2.42. The van der Waals surface area contributed by atoms with E-state index >= 15 is 0 Å². The molecule has 116 valence electrons. The van der Waals surface area contributed by atoms with E-state index in [1.165, 1.54) is 0 Å². The summed E-state index contributed by atoms with van der Waals surface area (Å²) in [5.41, 5.74) is 6.56. The Kier molecular flexibility index (Phi) is 5.36. The summed E-state index contributed by atoms with van der Waals surface area (Å²) in [6, 6.07) is 3.28. The Labute approximate surface area is 135 Å². The number of carbonyl (C=O) groups is 1. The van der Waals surface area contributed by atoms with Gasteiger partial charge in [0.05, 0.1) is 22.2 Å². The van der Waals surface area contributed by atoms with Gasteiger partial charge in [-0.3, -0.25) is 4.79 Å². The number of rotatable bonds is 6. The van der Waals surface area contributed by atoms with Crippen LogP contribution in [0.5, 0.6) is 0 Å². The second-order valence-electron chi connectivity index (χ2n) is 5.43. The van der Waals surface area contributed by atoms with Gasteiger partial charge in [-0.25, -0.2) is 0 Å². The molecule has 2 N–H and O–H groups in total. The van der Waals surface area contributed by atoms with Gasteiger partial charge in [0.2, 0.25) is 0 Å². The van der Waals surface area contributed by atoms with Crippen LogP contribution in [0.2, 0.25) is 10.0 Å². The molecule has 1 aliphatic carbocycles. The van der Waals surface area contributed by atoms with Gasteiger partial charge in [0.1, 0.15) is 0 Å². The lowest BCUT2D eigenvalue weighted by atomic mass is 10.1. The van der Waals surface area contributed by atoms with Crippen LogP contribution in [0.15, 0.2) is 12.1 Å². The van der Waals surface area contributed by atoms with Crippen molar-refractivity contribution in [1.82, 2.24) is 4.90 Å². The molecule has 1 aliphatic rings. The first kappa shape index (κ1) is 16.4. The normalized spacial score (nSPS) is 15.8. The van der Waals surface area contributed by atoms with Crippen LogP contribution in [0, 0.1) is 5.92 Å². The predicted molar refractivity (Wildman–Crippen MR) is 86.0 cm³/mol. The zero-order valence-corrected chi connectivity index (χ0v) is 13.7. The quantitative estimate of drug-likeness (QED) is 0.812. The molecule has 1 unspecified atom stereocenters. The van der Waals surface area contributed by atoms with Gasteiger partial charge in [0, 0.05) is 25.4 Å². The first-order valence-electron chi connectivity index (χ1n) is 7.00. The van der Waals surface area contributed by atoms with Crippen LogP contribution < -0.4 is 5.73 Å². The zero-order valence-electron chi connectivity index (χ0n) is 12.2. The Hall–Kier alpha value is -0.970. The summed E-state index contributed by atoms with van der Waals surface area (Å²) in [4.78, 5) is 14.6. The van der Waals surface area contributed by atoms with Crippen LogP contribution in [0.25, 0.3) is 0 Å². The number of methoxy groups -OCH3 is 1. The molecule has 1 fully saturated rings. The molecule has 1 amide bonds. The first-order valence-corrected chi connectivity index (χ1v) is 7.75. The Balaban J connectivity index is 2.28. The van der Waals surface area contributed by atoms with E-state index in [2.05, 4.69) is 6.92 Å². The molecule has 0 heterocycles. The maximum absolute atomic E-state index is 12.8. The molecule has 0 spiro atoms. The third-order valence-corrected chi connectivity index (χ3v) is 4.68. The van der Waals surface area contributed by atoms with Gasteiger partial charge < -0.3 is 15.4 Å². The Morgan fingerprint density at radius 2 is 2.14 bits per heavy atom. The van der Waals surface area contributed by atoms with Crippen LogP contribution in [-0.4, -0.2) is 37.1 Å². The highest BCUT2D eigenvalue weighted by Crippen LogP contribution is 2.36. The topological polar surface area (TPSA) is 55.6 Å². The van der Waals surface area contributed by atoms with Crippen LogP contribution in [0.3, 0.4) is 0 Å². The molecule has 0 saturated heterocycles. The Morgan fingerprint density at radius 3 is 2.71 bits per heavy atom. The van der Waals surface area contributed by atoms with E-state index in [1.807, 2.05) is 0 Å². The minimum absolute atomic E-state index is 0.148. The zero-order chi connectivity index (χ0) is 15.6. The van der Waals surface area contributed by atoms with Crippen molar-refractivity contribution in [2.45, 2.75) is 25.8 Å². The van der Waals surface area contributed by atoms with Gasteiger partial charge in [0.15, 0.2) is 0 Å². The molecule has 0 radical (unpaired) electrons. The van der Waals surface area contributed by atoms with Crippen LogP contribution >= 0.6 is 23.2 Å². The molecule has 1 aromatic rings. The summed E-state index contributed by atoms with van der Waals surface area (Å²) in [5, 5.41) is 0.548. The number of hydrogen-bond acceptors (Lipinski definition) is 3. The SMILES string of the molecule is COCCN(C(=O)c1cc(N)cc(Cl)c1Cl)C(C)C1CC1. The molecule has 6 heteroatoms. The number of ether oxygens (including phenoxy) is 1. The molecular formula is C15H20Cl2N2O2. The number of nitrogens with zero attached hydrogens (tertiary/aromatic N) is 1. The highest BCUT2D eigenvalue weighted by atomic mass is 35.5. The third kappa shape index (κ3) is 3.82. The summed E-state index contributed by atoms with van der Waals surface area (Å²) < 4.78 is 5.11. The van der Waals surface area contributed by atoms with E-state index in [9.17, 15) is 4.79 Å². The van der Waals surface area contributed by atoms with E-state index in [0.29, 0.717) is 35.3 Å². The summed E-state index contributed by atoms with van der Waals surface area (Å²) in [7, 11) is 1.62. The van der Waals surface area contributed by atoms with Crippen molar-refractivity contribution in [3.05, 3.63) is 27.7 Å². The molecule has 2 rings (SSSR count). The Morgan fingerprint density at radius 1 is 1.48 bits per heavy atom. The standard InChI is InChI=1S/C15H20Cl2N2O2/c1-9(10-3-4-10)19(5-6-21-2)15(20)12-7-11(18)8-13(16)14(12)17/h7-10H,3-6,18H2,1-2H3. The van der Waals surface area contributed by atoms with Crippen LogP contribution in [0.4, 0.5) is 5.69 Å². The summed E-state index contributed by atoms with van der Waals surface area (Å²) in [6.07, 6.45) is 2.31. The average molecular weight is 331 g/mol. The molecule has 21 heavy (non-hydrogen) atoms. The van der Waals surface area contributed by atoms with E-state index in [4.69, 9.17) is 33.7 Å². The number of anilines is 1. The van der Waals surface area contributed by atoms with E-state index in [-0.39, 0.29) is 17.0 Å². The third-order valence-electron chi connectivity index (χ3n) is 3.87. The number of nitrogen functional groups attached to an aromatic ring is 1. The van der Waals surface area contributed by atoms with Gasteiger partial charge in [-0.1, -0.05) is 23.2 Å². The lowest BCUT2D eigenvalue weighted by Gasteiger charge is -2.29. The maximum atomic E-state index is 12.8. The second kappa shape index (κ2) is 6.86. The predicted octanol–water partition coefficient (Wildman–Crippen LogP) is 3.46. The van der Waals surface area contributed by atoms with Gasteiger partial charge in [0.25, 0.3) is 5.91 Å². The molecule has 1 aromatic carbocycles. The molecule has 1 atom stereocenters. The minimum atomic E-state index is -0.148. The van der Waals surface area contributed by atoms with Crippen molar-refractivity contribution in [1.29, 1.82) is 0 Å². The van der Waals surface area contributed by atoms with Crippen molar-refractivity contribution in [2.75, 3.05) is 26.0 Å². The number of amides is 1. The van der Waals surface area contributed by atoms with E-state index in [1.54, 1.807) is 24.1 Å². The highest BCUT2D eigenvalue weighted by molar-refractivity contribution is 6.44. The number of benzene rings is 1. The van der Waals surface area contributed by atoms with Crippen molar-refractivity contribution in [2.24, 2.45) is 5.92 Å². The fourth-order valence-corrected chi connectivity index (χ4v) is 2.85. The minimum Gasteiger partial charge on any atom is -0.399 e. The molecule has 0 aliphatic heterocycles. The van der Waals surface area contributed by atoms with Crippen molar-refractivity contribution >= 4 is 34.8 Å². The van der Waals surface area contributed by atoms with Crippen LogP contribution in [-0.2, 0) is 4.74 Å². The number of carbonyl (C=O) groups excluding carboxylic acids is 1. The molecule has 0 aromatic heterocycles. The first-order chi connectivity index (χ1) is 9.95. The number of hydrogen-bond donors (Lipinski definition) is 1. The summed E-state index contributed by atoms with van der Waals surface area (Å²) >= 11 is 12.2. The van der Waals surface area contributed by atoms with Gasteiger partial charge in [-0.2, -0.15) is 0 Å². The van der Waals surface area contributed by atoms with E-state index in [0.717, 1.165) is 12.8 Å². The second-order valence-corrected chi connectivity index (χ2v) is 6.22. The smallest absolute Gasteiger partial charge is 0.255 e. The lowest BCUT2D eigenvalue weighted by molar-refractivity contribution is 0.0595. The average Bonchev–Trinajstić information content (AvgIpc) is 3.27. The Bertz CT molecular complexity index is 533. The summed E-state index contributed by atoms with van der Waals surface area (Å²) in [5.74, 6) is 0.409. The molecule has 0 bridgehead atoms. The molecule has 1 saturated carbocycles. The van der Waals surface area contributed by atoms with Crippen molar-refractivity contribution in [3.63, 3.8) is 0 Å². The maximum Gasteiger partial charge on any atom is 0.255 e. The summed E-state index contributed by atoms with van der Waals surface area (Å²) in [6.45, 7) is 3.07. The van der Waals surface area contributed by atoms with Crippen molar-refractivity contribution < 1.29 is 9.53 Å². The largest absolute Gasteiger partial charge is 0.399 e. The van der Waals surface area contributed by atoms with Gasteiger partial charge >= 0.3 is 0 Å². The number of nitrogens with two attached hydrogens (primary N) is 1. The molecular weight excluding hydrogens is 311 g/mol. The van der Waals surface area contributed by atoms with Gasteiger partial charge in [-0.15, -0.1) is 0 Å². The fraction of sp³-hybridized carbons (Fsp3) is 0.533. The van der Waals surface area contributed by atoms with E-state index < -0.39 is 0 Å². The number of halogens is 2. The van der Waals surface area contributed by atoms with Gasteiger partial charge in [-0.05, 0) is 37.8 Å². The monoisotopic (exact) mass is 330 g/mol. The fourth-order valence-electron chi connectivity index (χ4n) is 2.43.